The van der Waals surface area contributed by atoms with E-state index in [1.807, 2.05) is 18.3 Å². The van der Waals surface area contributed by atoms with Crippen molar-refractivity contribution in [1.29, 1.82) is 0 Å². The van der Waals surface area contributed by atoms with Crippen LogP contribution in [0.2, 0.25) is 0 Å². The Balaban J connectivity index is 2.20. The fourth-order valence-electron chi connectivity index (χ4n) is 1.56. The number of rotatable bonds is 8. The molecule has 1 rings (SSSR count). The highest BCUT2D eigenvalue weighted by Gasteiger charge is 2.09. The van der Waals surface area contributed by atoms with Crippen LogP contribution in [0.5, 0.6) is 0 Å². The number of hydrogen-bond donors (Lipinski definition) is 2. The first-order chi connectivity index (χ1) is 8.59. The Kier molecular flexibility index (Phi) is 6.86. The first kappa shape index (κ1) is 15.1. The zero-order chi connectivity index (χ0) is 13.4. The number of aliphatic hydroxyl groups excluding tert-OH is 1. The Hall–Kier alpha value is -0.970. The molecule has 2 atom stereocenters. The first-order valence-corrected chi connectivity index (χ1v) is 6.48. The summed E-state index contributed by atoms with van der Waals surface area (Å²) in [5.41, 5.74) is 1.12. The van der Waals surface area contributed by atoms with Crippen molar-refractivity contribution in [2.45, 2.75) is 32.9 Å². The van der Waals surface area contributed by atoms with Crippen LogP contribution < -0.4 is 5.32 Å². The molecule has 1 unspecified atom stereocenters. The smallest absolute Gasteiger partial charge is 0.0897 e. The van der Waals surface area contributed by atoms with Crippen LogP contribution in [0.1, 0.15) is 32.4 Å². The van der Waals surface area contributed by atoms with E-state index in [1.165, 1.54) is 0 Å². The molecule has 0 aliphatic rings. The third-order valence-corrected chi connectivity index (χ3v) is 2.61. The minimum atomic E-state index is -0.470. The maximum Gasteiger partial charge on any atom is 0.0897 e. The number of pyridine rings is 1. The lowest BCUT2D eigenvalue weighted by atomic mass is 10.1. The van der Waals surface area contributed by atoms with E-state index in [0.29, 0.717) is 25.7 Å². The quantitative estimate of drug-likeness (QED) is 0.740. The second-order valence-corrected chi connectivity index (χ2v) is 5.00. The minimum absolute atomic E-state index is 0.179. The van der Waals surface area contributed by atoms with Crippen molar-refractivity contribution < 1.29 is 9.84 Å². The lowest BCUT2D eigenvalue weighted by Gasteiger charge is -2.17. The second kappa shape index (κ2) is 8.19. The van der Waals surface area contributed by atoms with E-state index in [0.717, 1.165) is 5.56 Å². The van der Waals surface area contributed by atoms with E-state index < -0.39 is 6.10 Å². The van der Waals surface area contributed by atoms with E-state index >= 15 is 0 Å². The standard InChI is InChI=1S/C14H24N2O2/c1-11(2)9-18-10-14(17)8-16-12(3)13-5-4-6-15-7-13/h4-7,11-12,14,16-17H,8-10H2,1-3H3/t12-,14?/m1/s1. The summed E-state index contributed by atoms with van der Waals surface area (Å²) in [4.78, 5) is 4.07. The van der Waals surface area contributed by atoms with Crippen LogP contribution in [0, 0.1) is 5.92 Å². The molecule has 4 heteroatoms. The molecule has 4 nitrogen and oxygen atoms in total. The van der Waals surface area contributed by atoms with E-state index in [-0.39, 0.29) is 6.04 Å². The van der Waals surface area contributed by atoms with Gasteiger partial charge < -0.3 is 15.2 Å². The summed E-state index contributed by atoms with van der Waals surface area (Å²) in [6.45, 7) is 7.83. The molecule has 1 aromatic rings. The number of aromatic nitrogens is 1. The zero-order valence-electron chi connectivity index (χ0n) is 11.5. The largest absolute Gasteiger partial charge is 0.389 e. The SMILES string of the molecule is CC(C)COCC(O)CN[C@H](C)c1cccnc1. The maximum absolute atomic E-state index is 9.75. The molecule has 0 aromatic carbocycles. The predicted molar refractivity (Wildman–Crippen MR) is 72.3 cm³/mol. The van der Waals surface area contributed by atoms with Crippen LogP contribution in [0.15, 0.2) is 24.5 Å². The highest BCUT2D eigenvalue weighted by Crippen LogP contribution is 2.09. The Morgan fingerprint density at radius 3 is 2.72 bits per heavy atom. The van der Waals surface area contributed by atoms with Gasteiger partial charge in [0.05, 0.1) is 12.7 Å². The number of hydrogen-bond acceptors (Lipinski definition) is 4. The predicted octanol–water partition coefficient (Wildman–Crippen LogP) is 1.77. The number of nitrogens with zero attached hydrogens (tertiary/aromatic N) is 1. The molecule has 18 heavy (non-hydrogen) atoms. The van der Waals surface area contributed by atoms with Gasteiger partial charge in [-0.15, -0.1) is 0 Å². The zero-order valence-corrected chi connectivity index (χ0v) is 11.5. The molecule has 1 aromatic heterocycles. The van der Waals surface area contributed by atoms with Gasteiger partial charge in [0.2, 0.25) is 0 Å². The normalized spacial score (nSPS) is 14.7. The monoisotopic (exact) mass is 252 g/mol. The summed E-state index contributed by atoms with van der Waals surface area (Å²) in [5, 5.41) is 13.0. The molecule has 0 saturated carbocycles. The summed E-state index contributed by atoms with van der Waals surface area (Å²) >= 11 is 0. The average Bonchev–Trinajstić information content (AvgIpc) is 2.36. The second-order valence-electron chi connectivity index (χ2n) is 5.00. The molecule has 0 aliphatic carbocycles. The van der Waals surface area contributed by atoms with Crippen molar-refractivity contribution in [3.05, 3.63) is 30.1 Å². The van der Waals surface area contributed by atoms with Crippen LogP contribution in [0.3, 0.4) is 0 Å². The van der Waals surface area contributed by atoms with Gasteiger partial charge in [0.15, 0.2) is 0 Å². The van der Waals surface area contributed by atoms with Gasteiger partial charge in [-0.05, 0) is 24.5 Å². The van der Waals surface area contributed by atoms with Crippen molar-refractivity contribution in [1.82, 2.24) is 10.3 Å². The van der Waals surface area contributed by atoms with Crippen LogP contribution >= 0.6 is 0 Å². The Bertz CT molecular complexity index is 317. The van der Waals surface area contributed by atoms with E-state index in [4.69, 9.17) is 4.74 Å². The van der Waals surface area contributed by atoms with Gasteiger partial charge in [0.1, 0.15) is 0 Å². The Morgan fingerprint density at radius 2 is 2.11 bits per heavy atom. The van der Waals surface area contributed by atoms with Crippen molar-refractivity contribution in [2.24, 2.45) is 5.92 Å². The number of ether oxygens (including phenoxy) is 1. The molecule has 2 N–H and O–H groups in total. The lowest BCUT2D eigenvalue weighted by Crippen LogP contribution is -2.32. The summed E-state index contributed by atoms with van der Waals surface area (Å²) in [7, 11) is 0. The highest BCUT2D eigenvalue weighted by atomic mass is 16.5. The molecule has 0 aliphatic heterocycles. The molecular weight excluding hydrogens is 228 g/mol. The highest BCUT2D eigenvalue weighted by molar-refractivity contribution is 5.12. The van der Waals surface area contributed by atoms with E-state index in [9.17, 15) is 5.11 Å². The topological polar surface area (TPSA) is 54.4 Å². The third kappa shape index (κ3) is 6.10. The Morgan fingerprint density at radius 1 is 1.33 bits per heavy atom. The van der Waals surface area contributed by atoms with Gasteiger partial charge in [-0.3, -0.25) is 4.98 Å². The fourth-order valence-corrected chi connectivity index (χ4v) is 1.56. The molecular formula is C14H24N2O2. The van der Waals surface area contributed by atoms with Gasteiger partial charge in [0.25, 0.3) is 0 Å². The summed E-state index contributed by atoms with van der Waals surface area (Å²) in [6, 6.07) is 4.11. The van der Waals surface area contributed by atoms with Crippen LogP contribution in [0.4, 0.5) is 0 Å². The maximum atomic E-state index is 9.75. The molecule has 0 fully saturated rings. The summed E-state index contributed by atoms with van der Waals surface area (Å²) < 4.78 is 5.39. The summed E-state index contributed by atoms with van der Waals surface area (Å²) in [6.07, 6.45) is 3.12. The number of aliphatic hydroxyl groups is 1. The minimum Gasteiger partial charge on any atom is -0.389 e. The van der Waals surface area contributed by atoms with Crippen molar-refractivity contribution in [2.75, 3.05) is 19.8 Å². The molecule has 102 valence electrons. The van der Waals surface area contributed by atoms with Gasteiger partial charge in [-0.25, -0.2) is 0 Å². The number of nitrogens with one attached hydrogen (secondary N) is 1. The molecule has 0 amide bonds. The van der Waals surface area contributed by atoms with Crippen molar-refractivity contribution >= 4 is 0 Å². The van der Waals surface area contributed by atoms with Gasteiger partial charge in [-0.2, -0.15) is 0 Å². The van der Waals surface area contributed by atoms with Gasteiger partial charge in [0, 0.05) is 31.6 Å². The molecule has 0 spiro atoms. The molecule has 0 radical (unpaired) electrons. The summed E-state index contributed by atoms with van der Waals surface area (Å²) in [5.74, 6) is 0.500. The first-order valence-electron chi connectivity index (χ1n) is 6.48. The molecule has 0 bridgehead atoms. The van der Waals surface area contributed by atoms with Crippen LogP contribution in [-0.2, 0) is 4.74 Å². The van der Waals surface area contributed by atoms with Crippen LogP contribution in [-0.4, -0.2) is 36.0 Å². The molecule has 1 heterocycles. The van der Waals surface area contributed by atoms with Gasteiger partial charge >= 0.3 is 0 Å². The fraction of sp³-hybridized carbons (Fsp3) is 0.643. The average molecular weight is 252 g/mol. The van der Waals surface area contributed by atoms with E-state index in [2.05, 4.69) is 31.1 Å². The van der Waals surface area contributed by atoms with Gasteiger partial charge in [-0.1, -0.05) is 19.9 Å². The molecule has 0 saturated heterocycles. The lowest BCUT2D eigenvalue weighted by molar-refractivity contribution is 0.0252. The van der Waals surface area contributed by atoms with Crippen LogP contribution in [0.25, 0.3) is 0 Å². The van der Waals surface area contributed by atoms with Crippen molar-refractivity contribution in [3.63, 3.8) is 0 Å². The van der Waals surface area contributed by atoms with E-state index in [1.54, 1.807) is 6.20 Å². The van der Waals surface area contributed by atoms with Crippen molar-refractivity contribution in [3.8, 4) is 0 Å². The Labute approximate surface area is 109 Å². The third-order valence-electron chi connectivity index (χ3n) is 2.61.